The quantitative estimate of drug-likeness (QED) is 0.426. The van der Waals surface area contributed by atoms with Gasteiger partial charge in [0.25, 0.3) is 0 Å². The molecule has 12 heavy (non-hydrogen) atoms. The second-order valence-corrected chi connectivity index (χ2v) is 2.78. The maximum atomic E-state index is 8.50. The molecule has 3 nitrogen and oxygen atoms in total. The van der Waals surface area contributed by atoms with Gasteiger partial charge in [0, 0.05) is 20.3 Å². The Morgan fingerprint density at radius 2 is 2.17 bits per heavy atom. The van der Waals surface area contributed by atoms with Gasteiger partial charge < -0.3 is 4.74 Å². The van der Waals surface area contributed by atoms with E-state index >= 15 is 0 Å². The summed E-state index contributed by atoms with van der Waals surface area (Å²) in [6, 6.07) is 2.16. The predicted octanol–water partition coefficient (Wildman–Crippen LogP) is 1.26. The molecule has 0 radical (unpaired) electrons. The van der Waals surface area contributed by atoms with Crippen LogP contribution < -0.4 is 0 Å². The van der Waals surface area contributed by atoms with Gasteiger partial charge >= 0.3 is 0 Å². The van der Waals surface area contributed by atoms with Crippen LogP contribution in [0.1, 0.15) is 19.8 Å². The molecule has 0 saturated carbocycles. The summed E-state index contributed by atoms with van der Waals surface area (Å²) in [7, 11) is 1.70. The molecule has 0 aromatic carbocycles. The third-order valence-electron chi connectivity index (χ3n) is 1.66. The molecule has 0 spiro atoms. The van der Waals surface area contributed by atoms with Crippen LogP contribution in [0, 0.1) is 11.3 Å². The zero-order valence-electron chi connectivity index (χ0n) is 8.05. The molecule has 0 aliphatic carbocycles. The summed E-state index contributed by atoms with van der Waals surface area (Å²) in [5.41, 5.74) is 0. The average molecular weight is 170 g/mol. The normalized spacial score (nSPS) is 10.2. The highest BCUT2D eigenvalue weighted by Gasteiger charge is 2.00. The maximum Gasteiger partial charge on any atom is 0.0866 e. The molecule has 0 heterocycles. The standard InChI is InChI=1S/C9H18N2O/c1-3-6-11(8-5-10)7-4-9-12-2/h3-4,6-9H2,1-2H3. The molecule has 0 fully saturated rings. The minimum atomic E-state index is 0.539. The highest BCUT2D eigenvalue weighted by molar-refractivity contribution is 4.75. The third kappa shape index (κ3) is 6.14. The summed E-state index contributed by atoms with van der Waals surface area (Å²) in [5, 5.41) is 8.50. The summed E-state index contributed by atoms with van der Waals surface area (Å²) >= 11 is 0. The van der Waals surface area contributed by atoms with Crippen molar-refractivity contribution < 1.29 is 4.74 Å². The minimum absolute atomic E-state index is 0.539. The van der Waals surface area contributed by atoms with Gasteiger partial charge in [-0.3, -0.25) is 4.90 Å². The molecular weight excluding hydrogens is 152 g/mol. The molecular formula is C9H18N2O. The molecule has 0 unspecified atom stereocenters. The summed E-state index contributed by atoms with van der Waals surface area (Å²) in [6.45, 7) is 5.43. The topological polar surface area (TPSA) is 36.3 Å². The summed E-state index contributed by atoms with van der Waals surface area (Å²) in [6.07, 6.45) is 2.12. The first-order valence-electron chi connectivity index (χ1n) is 4.43. The Bertz CT molecular complexity index is 131. The van der Waals surface area contributed by atoms with Crippen LogP contribution in [0.3, 0.4) is 0 Å². The van der Waals surface area contributed by atoms with Crippen molar-refractivity contribution in [1.82, 2.24) is 4.90 Å². The van der Waals surface area contributed by atoms with Crippen molar-refractivity contribution in [2.75, 3.05) is 33.4 Å². The van der Waals surface area contributed by atoms with Crippen LogP contribution in [-0.4, -0.2) is 38.3 Å². The van der Waals surface area contributed by atoms with E-state index in [4.69, 9.17) is 10.00 Å². The fourth-order valence-electron chi connectivity index (χ4n) is 1.12. The number of hydrogen-bond acceptors (Lipinski definition) is 3. The number of nitriles is 1. The van der Waals surface area contributed by atoms with Crippen molar-refractivity contribution in [2.45, 2.75) is 19.8 Å². The van der Waals surface area contributed by atoms with Crippen LogP contribution in [0.25, 0.3) is 0 Å². The number of rotatable bonds is 7. The van der Waals surface area contributed by atoms with Gasteiger partial charge in [0.1, 0.15) is 0 Å². The Kier molecular flexibility index (Phi) is 8.09. The molecule has 0 N–H and O–H groups in total. The Morgan fingerprint density at radius 1 is 1.42 bits per heavy atom. The van der Waals surface area contributed by atoms with Gasteiger partial charge in [0.05, 0.1) is 12.6 Å². The number of methoxy groups -OCH3 is 1. The summed E-state index contributed by atoms with van der Waals surface area (Å²) in [5.74, 6) is 0. The molecule has 0 aliphatic rings. The Morgan fingerprint density at radius 3 is 2.67 bits per heavy atom. The van der Waals surface area contributed by atoms with Gasteiger partial charge in [-0.1, -0.05) is 6.92 Å². The predicted molar refractivity (Wildman–Crippen MR) is 48.8 cm³/mol. The fraction of sp³-hybridized carbons (Fsp3) is 0.889. The minimum Gasteiger partial charge on any atom is -0.385 e. The average Bonchev–Trinajstić information content (AvgIpc) is 2.06. The lowest BCUT2D eigenvalue weighted by Crippen LogP contribution is -2.26. The van der Waals surface area contributed by atoms with E-state index in [0.717, 1.165) is 32.5 Å². The van der Waals surface area contributed by atoms with Crippen LogP contribution in [0.15, 0.2) is 0 Å². The molecule has 0 aromatic heterocycles. The summed E-state index contributed by atoms with van der Waals surface area (Å²) in [4.78, 5) is 2.15. The van der Waals surface area contributed by atoms with Gasteiger partial charge in [0.2, 0.25) is 0 Å². The Labute approximate surface area is 74.9 Å². The molecule has 0 amide bonds. The first-order chi connectivity index (χ1) is 5.85. The van der Waals surface area contributed by atoms with Crippen LogP contribution in [-0.2, 0) is 4.74 Å². The smallest absolute Gasteiger partial charge is 0.0866 e. The van der Waals surface area contributed by atoms with Gasteiger partial charge in [-0.2, -0.15) is 5.26 Å². The maximum absolute atomic E-state index is 8.50. The van der Waals surface area contributed by atoms with Crippen molar-refractivity contribution in [3.63, 3.8) is 0 Å². The first kappa shape index (κ1) is 11.4. The Balaban J connectivity index is 3.42. The second-order valence-electron chi connectivity index (χ2n) is 2.78. The first-order valence-corrected chi connectivity index (χ1v) is 4.43. The lowest BCUT2D eigenvalue weighted by atomic mass is 10.3. The molecule has 3 heteroatoms. The molecule has 0 aromatic rings. The molecule has 0 saturated heterocycles. The molecule has 0 bridgehead atoms. The number of nitrogens with zero attached hydrogens (tertiary/aromatic N) is 2. The molecule has 0 rings (SSSR count). The third-order valence-corrected chi connectivity index (χ3v) is 1.66. The van der Waals surface area contributed by atoms with Gasteiger partial charge in [-0.25, -0.2) is 0 Å². The highest BCUT2D eigenvalue weighted by atomic mass is 16.5. The largest absolute Gasteiger partial charge is 0.385 e. The zero-order chi connectivity index (χ0) is 9.23. The van der Waals surface area contributed by atoms with E-state index in [1.807, 2.05) is 0 Å². The van der Waals surface area contributed by atoms with Gasteiger partial charge in [-0.05, 0) is 19.4 Å². The lowest BCUT2D eigenvalue weighted by Gasteiger charge is -2.17. The van der Waals surface area contributed by atoms with E-state index in [2.05, 4.69) is 17.9 Å². The highest BCUT2D eigenvalue weighted by Crippen LogP contribution is 1.93. The van der Waals surface area contributed by atoms with Crippen LogP contribution >= 0.6 is 0 Å². The van der Waals surface area contributed by atoms with E-state index in [1.165, 1.54) is 0 Å². The summed E-state index contributed by atoms with van der Waals surface area (Å²) < 4.78 is 4.94. The van der Waals surface area contributed by atoms with E-state index < -0.39 is 0 Å². The van der Waals surface area contributed by atoms with Crippen molar-refractivity contribution in [2.24, 2.45) is 0 Å². The van der Waals surface area contributed by atoms with E-state index in [9.17, 15) is 0 Å². The van der Waals surface area contributed by atoms with Crippen molar-refractivity contribution in [3.05, 3.63) is 0 Å². The van der Waals surface area contributed by atoms with Crippen molar-refractivity contribution in [3.8, 4) is 6.07 Å². The van der Waals surface area contributed by atoms with Gasteiger partial charge in [-0.15, -0.1) is 0 Å². The molecule has 70 valence electrons. The molecule has 0 aliphatic heterocycles. The SMILES string of the molecule is CCCN(CC#N)CCCOC. The van der Waals surface area contributed by atoms with Crippen molar-refractivity contribution in [1.29, 1.82) is 5.26 Å². The zero-order valence-corrected chi connectivity index (χ0v) is 8.05. The Hall–Kier alpha value is -0.590. The van der Waals surface area contributed by atoms with E-state index in [-0.39, 0.29) is 0 Å². The fourth-order valence-corrected chi connectivity index (χ4v) is 1.12. The monoisotopic (exact) mass is 170 g/mol. The number of hydrogen-bond donors (Lipinski definition) is 0. The lowest BCUT2D eigenvalue weighted by molar-refractivity contribution is 0.176. The van der Waals surface area contributed by atoms with Crippen molar-refractivity contribution >= 4 is 0 Å². The second kappa shape index (κ2) is 8.51. The van der Waals surface area contributed by atoms with E-state index in [0.29, 0.717) is 6.54 Å². The molecule has 0 atom stereocenters. The van der Waals surface area contributed by atoms with Crippen LogP contribution in [0.2, 0.25) is 0 Å². The number of ether oxygens (including phenoxy) is 1. The van der Waals surface area contributed by atoms with Crippen LogP contribution in [0.5, 0.6) is 0 Å². The van der Waals surface area contributed by atoms with E-state index in [1.54, 1.807) is 7.11 Å². The van der Waals surface area contributed by atoms with Crippen LogP contribution in [0.4, 0.5) is 0 Å². The van der Waals surface area contributed by atoms with Gasteiger partial charge in [0.15, 0.2) is 0 Å².